The lowest BCUT2D eigenvalue weighted by atomic mass is 10.1. The van der Waals surface area contributed by atoms with Crippen molar-refractivity contribution < 1.29 is 18.4 Å². The fourth-order valence-corrected chi connectivity index (χ4v) is 4.54. The van der Waals surface area contributed by atoms with Gasteiger partial charge in [-0.15, -0.1) is 21.5 Å². The number of nitrogens with one attached hydrogen (secondary N) is 1. The van der Waals surface area contributed by atoms with Crippen LogP contribution in [0.2, 0.25) is 0 Å². The molecule has 1 atom stereocenters. The fraction of sp³-hybridized carbons (Fsp3) is 0.269. The number of aromatic nitrogens is 4. The van der Waals surface area contributed by atoms with Crippen molar-refractivity contribution in [3.63, 3.8) is 0 Å². The van der Waals surface area contributed by atoms with E-state index < -0.39 is 36.0 Å². The number of halogens is 2. The molecule has 0 aliphatic rings. The molecule has 11 heteroatoms. The van der Waals surface area contributed by atoms with Gasteiger partial charge in [-0.2, -0.15) is 4.80 Å². The van der Waals surface area contributed by atoms with Crippen LogP contribution in [-0.4, -0.2) is 38.6 Å². The van der Waals surface area contributed by atoms with Crippen LogP contribution in [0.25, 0.3) is 11.4 Å². The molecule has 0 unspecified atom stereocenters. The molecule has 37 heavy (non-hydrogen) atoms. The topological polar surface area (TPSA) is 93.0 Å². The number of benzene rings is 2. The smallest absolute Gasteiger partial charge is 0.251 e. The van der Waals surface area contributed by atoms with E-state index in [-0.39, 0.29) is 17.1 Å². The average molecular weight is 525 g/mol. The molecule has 0 spiro atoms. The number of carbonyl (C=O) groups excluding carboxylic acids is 2. The van der Waals surface area contributed by atoms with Crippen LogP contribution >= 0.6 is 11.3 Å². The summed E-state index contributed by atoms with van der Waals surface area (Å²) in [5.41, 5.74) is 0.0764. The van der Waals surface area contributed by atoms with Crippen LogP contribution in [0.1, 0.15) is 31.2 Å². The second kappa shape index (κ2) is 11.8. The predicted molar refractivity (Wildman–Crippen MR) is 137 cm³/mol. The van der Waals surface area contributed by atoms with Crippen molar-refractivity contribution in [2.75, 3.05) is 11.4 Å². The first-order valence-electron chi connectivity index (χ1n) is 11.8. The summed E-state index contributed by atoms with van der Waals surface area (Å²) in [6.07, 6.45) is 0.748. The summed E-state index contributed by atoms with van der Waals surface area (Å²) in [4.78, 5) is 29.8. The molecule has 0 aliphatic carbocycles. The van der Waals surface area contributed by atoms with Crippen molar-refractivity contribution in [1.29, 1.82) is 0 Å². The molecule has 0 saturated heterocycles. The van der Waals surface area contributed by atoms with E-state index in [1.165, 1.54) is 47.7 Å². The van der Waals surface area contributed by atoms with Crippen LogP contribution in [0.15, 0.2) is 66.0 Å². The van der Waals surface area contributed by atoms with Crippen LogP contribution < -0.4 is 10.2 Å². The van der Waals surface area contributed by atoms with Crippen molar-refractivity contribution in [1.82, 2.24) is 25.5 Å². The molecule has 2 aromatic carbocycles. The van der Waals surface area contributed by atoms with Crippen molar-refractivity contribution in [3.8, 4) is 11.4 Å². The second-order valence-corrected chi connectivity index (χ2v) is 9.71. The van der Waals surface area contributed by atoms with E-state index in [9.17, 15) is 14.0 Å². The molecule has 0 radical (unpaired) electrons. The number of rotatable bonds is 10. The highest BCUT2D eigenvalue weighted by atomic mass is 32.1. The first kappa shape index (κ1) is 26.1. The van der Waals surface area contributed by atoms with E-state index in [1.807, 2.05) is 13.8 Å². The van der Waals surface area contributed by atoms with Gasteiger partial charge in [0.15, 0.2) is 0 Å². The highest BCUT2D eigenvalue weighted by molar-refractivity contribution is 7.10. The van der Waals surface area contributed by atoms with Gasteiger partial charge < -0.3 is 5.32 Å². The summed E-state index contributed by atoms with van der Waals surface area (Å²) >= 11 is 1.29. The normalized spacial score (nSPS) is 11.9. The first-order valence-corrected chi connectivity index (χ1v) is 12.6. The zero-order chi connectivity index (χ0) is 26.4. The number of amides is 2. The standard InChI is InChI=1S/C26H26F2N6O2S/c1-17(2)13-14-29-26(36)24(22-12-7-15-37-22)34(21-11-6-5-10-20(21)28)23(35)16-33-31-25(30-32-33)18-8-3-4-9-19(18)27/h3-12,15,17,24H,13-14,16H2,1-2H3,(H,29,36)/t24-/m0/s1. The number of thiophene rings is 1. The maximum absolute atomic E-state index is 15.0. The van der Waals surface area contributed by atoms with Gasteiger partial charge in [0.25, 0.3) is 5.91 Å². The predicted octanol–water partition coefficient (Wildman–Crippen LogP) is 4.62. The number of hydrogen-bond acceptors (Lipinski definition) is 6. The molecule has 8 nitrogen and oxygen atoms in total. The third-order valence-corrected chi connectivity index (χ3v) is 6.49. The monoisotopic (exact) mass is 524 g/mol. The van der Waals surface area contributed by atoms with Crippen molar-refractivity contribution in [3.05, 3.63) is 82.6 Å². The van der Waals surface area contributed by atoms with E-state index in [4.69, 9.17) is 0 Å². The molecule has 4 rings (SSSR count). The van der Waals surface area contributed by atoms with Crippen LogP contribution in [0.5, 0.6) is 0 Å². The molecular formula is C26H26F2N6O2S. The van der Waals surface area contributed by atoms with E-state index in [2.05, 4.69) is 20.7 Å². The summed E-state index contributed by atoms with van der Waals surface area (Å²) < 4.78 is 29.2. The maximum atomic E-state index is 15.0. The summed E-state index contributed by atoms with van der Waals surface area (Å²) in [6, 6.07) is 14.1. The molecular weight excluding hydrogens is 498 g/mol. The molecule has 2 amide bonds. The number of carbonyl (C=O) groups is 2. The molecule has 192 valence electrons. The lowest BCUT2D eigenvalue weighted by molar-refractivity contribution is -0.127. The van der Waals surface area contributed by atoms with Crippen LogP contribution in [0, 0.1) is 17.6 Å². The maximum Gasteiger partial charge on any atom is 0.251 e. The Bertz CT molecular complexity index is 1360. The van der Waals surface area contributed by atoms with E-state index in [0.717, 1.165) is 16.1 Å². The minimum atomic E-state index is -1.12. The Kier molecular flexibility index (Phi) is 8.34. The minimum Gasteiger partial charge on any atom is -0.354 e. The number of hydrogen-bond donors (Lipinski definition) is 1. The third-order valence-electron chi connectivity index (χ3n) is 5.57. The molecule has 0 saturated carbocycles. The van der Waals surface area contributed by atoms with Crippen molar-refractivity contribution in [2.45, 2.75) is 32.9 Å². The molecule has 1 N–H and O–H groups in total. The molecule has 0 fully saturated rings. The van der Waals surface area contributed by atoms with Gasteiger partial charge >= 0.3 is 0 Å². The van der Waals surface area contributed by atoms with Gasteiger partial charge in [0.2, 0.25) is 11.7 Å². The molecule has 2 heterocycles. The van der Waals surface area contributed by atoms with Gasteiger partial charge in [-0.05, 0) is 53.3 Å². The Morgan fingerprint density at radius 2 is 1.76 bits per heavy atom. The summed E-state index contributed by atoms with van der Waals surface area (Å²) in [6.45, 7) is 4.04. The number of nitrogens with zero attached hydrogens (tertiary/aromatic N) is 5. The highest BCUT2D eigenvalue weighted by Crippen LogP contribution is 2.32. The van der Waals surface area contributed by atoms with Crippen molar-refractivity contribution >= 4 is 28.8 Å². The van der Waals surface area contributed by atoms with Gasteiger partial charge in [-0.1, -0.05) is 44.2 Å². The van der Waals surface area contributed by atoms with E-state index in [0.29, 0.717) is 17.3 Å². The number of para-hydroxylation sites is 1. The minimum absolute atomic E-state index is 0.00424. The van der Waals surface area contributed by atoms with Crippen molar-refractivity contribution in [2.24, 2.45) is 5.92 Å². The van der Waals surface area contributed by atoms with Crippen LogP contribution in [0.4, 0.5) is 14.5 Å². The highest BCUT2D eigenvalue weighted by Gasteiger charge is 2.35. The van der Waals surface area contributed by atoms with Crippen LogP contribution in [-0.2, 0) is 16.1 Å². The summed E-state index contributed by atoms with van der Waals surface area (Å²) in [7, 11) is 0. The van der Waals surface area contributed by atoms with Crippen LogP contribution in [0.3, 0.4) is 0 Å². The molecule has 0 aliphatic heterocycles. The average Bonchev–Trinajstić information content (AvgIpc) is 3.55. The Morgan fingerprint density at radius 3 is 2.43 bits per heavy atom. The molecule has 2 aromatic heterocycles. The third kappa shape index (κ3) is 6.23. The number of tetrazole rings is 1. The fourth-order valence-electron chi connectivity index (χ4n) is 3.72. The van der Waals surface area contributed by atoms with Gasteiger partial charge in [0.1, 0.15) is 24.2 Å². The Morgan fingerprint density at radius 1 is 1.03 bits per heavy atom. The quantitative estimate of drug-likeness (QED) is 0.327. The van der Waals surface area contributed by atoms with Gasteiger partial charge in [0.05, 0.1) is 11.3 Å². The van der Waals surface area contributed by atoms with E-state index >= 15 is 4.39 Å². The Balaban J connectivity index is 1.68. The Hall–Kier alpha value is -3.99. The SMILES string of the molecule is CC(C)CCNC(=O)[C@H](c1cccs1)N(C(=O)Cn1nnc(-c2ccccc2F)n1)c1ccccc1F. The molecule has 4 aromatic rings. The summed E-state index contributed by atoms with van der Waals surface area (Å²) in [5, 5.41) is 16.5. The Labute approximate surface area is 216 Å². The first-order chi connectivity index (χ1) is 17.8. The lowest BCUT2D eigenvalue weighted by Crippen LogP contribution is -2.45. The largest absolute Gasteiger partial charge is 0.354 e. The molecule has 0 bridgehead atoms. The zero-order valence-corrected chi connectivity index (χ0v) is 21.2. The lowest BCUT2D eigenvalue weighted by Gasteiger charge is -2.30. The van der Waals surface area contributed by atoms with Gasteiger partial charge in [-0.3, -0.25) is 14.5 Å². The van der Waals surface area contributed by atoms with Gasteiger partial charge in [-0.25, -0.2) is 8.78 Å². The van der Waals surface area contributed by atoms with E-state index in [1.54, 1.807) is 29.6 Å². The van der Waals surface area contributed by atoms with Gasteiger partial charge in [0, 0.05) is 11.4 Å². The summed E-state index contributed by atoms with van der Waals surface area (Å²) in [5.74, 6) is -1.89. The zero-order valence-electron chi connectivity index (χ0n) is 20.3. The number of anilines is 1. The second-order valence-electron chi connectivity index (χ2n) is 8.73.